The van der Waals surface area contributed by atoms with Crippen LogP contribution in [-0.2, 0) is 36.5 Å². The normalized spacial score (nSPS) is 9.72. The van der Waals surface area contributed by atoms with Crippen LogP contribution in [0.1, 0.15) is 19.3 Å². The molecule has 0 unspecified atom stereocenters. The summed E-state index contributed by atoms with van der Waals surface area (Å²) in [6.07, 6.45) is -3.05. The van der Waals surface area contributed by atoms with Crippen molar-refractivity contribution in [3.63, 3.8) is 0 Å². The number of ketones is 1. The van der Waals surface area contributed by atoms with E-state index in [1.807, 2.05) is 0 Å². The number of nitriles is 1. The molecule has 18 heavy (non-hydrogen) atoms. The van der Waals surface area contributed by atoms with Crippen molar-refractivity contribution >= 4 is 23.7 Å². The van der Waals surface area contributed by atoms with Gasteiger partial charge in [0.15, 0.2) is 0 Å². The zero-order valence-corrected chi connectivity index (χ0v) is 10.2. The van der Waals surface area contributed by atoms with Crippen LogP contribution in [0.4, 0.5) is 0 Å². The van der Waals surface area contributed by atoms with E-state index < -0.39 is 48.4 Å². The van der Waals surface area contributed by atoms with Crippen LogP contribution in [0.3, 0.4) is 0 Å². The molecule has 9 heteroatoms. The Morgan fingerprint density at radius 3 is 1.33 bits per heavy atom. The van der Waals surface area contributed by atoms with Crippen molar-refractivity contribution in [3.05, 3.63) is 0 Å². The van der Waals surface area contributed by atoms with Crippen LogP contribution >= 0.6 is 0 Å². The van der Waals surface area contributed by atoms with Crippen LogP contribution in [0.15, 0.2) is 0 Å². The number of hydrogen-bond acceptors (Lipinski definition) is 5. The maximum Gasteiger partial charge on any atom is 0.304 e. The second-order valence-corrected chi connectivity index (χ2v) is 3.43. The predicted octanol–water partition coefficient (Wildman–Crippen LogP) is -0.513. The van der Waals surface area contributed by atoms with Crippen LogP contribution in [0, 0.1) is 16.7 Å². The summed E-state index contributed by atoms with van der Waals surface area (Å²) in [7, 11) is 0. The third-order valence-corrected chi connectivity index (χ3v) is 2.05. The number of carboxylic acids is 3. The van der Waals surface area contributed by atoms with Crippen molar-refractivity contribution < 1.29 is 51.9 Å². The zero-order chi connectivity index (χ0) is 13.6. The van der Waals surface area contributed by atoms with E-state index in [1.54, 1.807) is 0 Å². The number of aliphatic carboxylic acids is 3. The minimum Gasteiger partial charge on any atom is -0.481 e. The van der Waals surface area contributed by atoms with Gasteiger partial charge in [-0.2, -0.15) is 5.26 Å². The SMILES string of the molecule is N#CC(=O)C(CC(=O)O)(CC(=O)O)CC(=O)O.[Cr]. The minimum atomic E-state index is -2.22. The number of Topliss-reactive ketones (excluding diaryl/α,β-unsaturated/α-hetero) is 1. The van der Waals surface area contributed by atoms with Crippen LogP contribution in [0.5, 0.6) is 0 Å². The fraction of sp³-hybridized carbons (Fsp3) is 0.444. The molecule has 0 aromatic heterocycles. The summed E-state index contributed by atoms with van der Waals surface area (Å²) in [5.74, 6) is -5.99. The Hall–Kier alpha value is -1.90. The Bertz CT molecular complexity index is 371. The van der Waals surface area contributed by atoms with Crippen molar-refractivity contribution in [3.8, 4) is 6.07 Å². The third-order valence-electron chi connectivity index (χ3n) is 2.05. The summed E-state index contributed by atoms with van der Waals surface area (Å²) in [5.41, 5.74) is -2.22. The molecule has 0 radical (unpaired) electrons. The van der Waals surface area contributed by atoms with Gasteiger partial charge >= 0.3 is 17.9 Å². The molecule has 0 aliphatic heterocycles. The topological polar surface area (TPSA) is 153 Å². The fourth-order valence-electron chi connectivity index (χ4n) is 1.42. The second-order valence-electron chi connectivity index (χ2n) is 3.43. The van der Waals surface area contributed by atoms with Gasteiger partial charge in [-0.3, -0.25) is 19.2 Å². The zero-order valence-electron chi connectivity index (χ0n) is 8.95. The number of rotatable bonds is 7. The van der Waals surface area contributed by atoms with Crippen molar-refractivity contribution in [2.75, 3.05) is 0 Å². The Morgan fingerprint density at radius 2 is 1.17 bits per heavy atom. The quantitative estimate of drug-likeness (QED) is 0.530. The summed E-state index contributed by atoms with van der Waals surface area (Å²) in [6, 6.07) is 1.09. The fourth-order valence-corrected chi connectivity index (χ4v) is 1.42. The van der Waals surface area contributed by atoms with E-state index in [0.29, 0.717) is 0 Å². The van der Waals surface area contributed by atoms with Gasteiger partial charge in [-0.25, -0.2) is 0 Å². The third kappa shape index (κ3) is 5.44. The van der Waals surface area contributed by atoms with Gasteiger partial charge in [0.05, 0.1) is 24.7 Å². The van der Waals surface area contributed by atoms with E-state index in [0.717, 1.165) is 6.07 Å². The smallest absolute Gasteiger partial charge is 0.304 e. The summed E-state index contributed by atoms with van der Waals surface area (Å²) < 4.78 is 0. The van der Waals surface area contributed by atoms with Gasteiger partial charge in [0.25, 0.3) is 0 Å². The maximum atomic E-state index is 11.3. The maximum absolute atomic E-state index is 11.3. The Balaban J connectivity index is 0. The van der Waals surface area contributed by atoms with Crippen LogP contribution in [0.2, 0.25) is 0 Å². The van der Waals surface area contributed by atoms with Gasteiger partial charge in [0, 0.05) is 17.4 Å². The van der Waals surface area contributed by atoms with Crippen LogP contribution in [-0.4, -0.2) is 39.0 Å². The molecule has 3 N–H and O–H groups in total. The molecule has 0 heterocycles. The molecule has 0 saturated carbocycles. The summed E-state index contributed by atoms with van der Waals surface area (Å²) in [6.45, 7) is 0. The number of hydrogen-bond donors (Lipinski definition) is 3. The Kier molecular flexibility index (Phi) is 7.63. The van der Waals surface area contributed by atoms with Gasteiger partial charge in [0.1, 0.15) is 6.07 Å². The molecule has 8 nitrogen and oxygen atoms in total. The first-order chi connectivity index (χ1) is 7.73. The molecule has 0 rings (SSSR count). The second kappa shape index (κ2) is 7.43. The summed E-state index contributed by atoms with van der Waals surface area (Å²) in [5, 5.41) is 34.1. The monoisotopic (exact) mass is 295 g/mol. The van der Waals surface area contributed by atoms with Crippen molar-refractivity contribution in [2.45, 2.75) is 19.3 Å². The average Bonchev–Trinajstić information content (AvgIpc) is 2.12. The first-order valence-electron chi connectivity index (χ1n) is 4.33. The molecular weight excluding hydrogens is 286 g/mol. The van der Waals surface area contributed by atoms with E-state index >= 15 is 0 Å². The predicted molar refractivity (Wildman–Crippen MR) is 49.8 cm³/mol. The largest absolute Gasteiger partial charge is 0.481 e. The Labute approximate surface area is 112 Å². The number of carbonyl (C=O) groups excluding carboxylic acids is 1. The summed E-state index contributed by atoms with van der Waals surface area (Å²) >= 11 is 0. The first kappa shape index (κ1) is 18.5. The van der Waals surface area contributed by atoms with Crippen LogP contribution in [0.25, 0.3) is 0 Å². The van der Waals surface area contributed by atoms with E-state index in [-0.39, 0.29) is 17.4 Å². The number of carbonyl (C=O) groups is 4. The number of carboxylic acid groups (broad SMARTS) is 3. The van der Waals surface area contributed by atoms with E-state index in [1.165, 1.54) is 0 Å². The molecular formula is C9H9CrNO7. The van der Waals surface area contributed by atoms with Gasteiger partial charge in [0.2, 0.25) is 5.78 Å². The summed E-state index contributed by atoms with van der Waals surface area (Å²) in [4.78, 5) is 42.9. The van der Waals surface area contributed by atoms with Gasteiger partial charge in [-0.05, 0) is 0 Å². The molecule has 0 spiro atoms. The van der Waals surface area contributed by atoms with Gasteiger partial charge < -0.3 is 15.3 Å². The molecule has 0 atom stereocenters. The molecule has 0 aliphatic carbocycles. The van der Waals surface area contributed by atoms with E-state index in [9.17, 15) is 19.2 Å². The van der Waals surface area contributed by atoms with Crippen LogP contribution < -0.4 is 0 Å². The van der Waals surface area contributed by atoms with E-state index in [2.05, 4.69) is 0 Å². The molecule has 0 saturated heterocycles. The average molecular weight is 295 g/mol. The van der Waals surface area contributed by atoms with E-state index in [4.69, 9.17) is 20.6 Å². The van der Waals surface area contributed by atoms with Crippen molar-refractivity contribution in [1.29, 1.82) is 5.26 Å². The first-order valence-corrected chi connectivity index (χ1v) is 4.33. The number of nitrogens with zero attached hydrogens (tertiary/aromatic N) is 1. The molecule has 0 amide bonds. The molecule has 0 aliphatic rings. The molecule has 98 valence electrons. The van der Waals surface area contributed by atoms with Gasteiger partial charge in [-0.1, -0.05) is 0 Å². The minimum absolute atomic E-state index is 0. The molecule has 0 fully saturated rings. The Morgan fingerprint density at radius 1 is 0.889 bits per heavy atom. The molecule has 0 aromatic rings. The standard InChI is InChI=1S/C9H9NO7.Cr/c10-4-5(11)9(1-6(12)13,2-7(14)15)3-8(16)17;/h1-3H2,(H,12,13)(H,14,15)(H,16,17);. The molecule has 0 aromatic carbocycles. The van der Waals surface area contributed by atoms with Crippen molar-refractivity contribution in [2.24, 2.45) is 5.41 Å². The van der Waals surface area contributed by atoms with Crippen molar-refractivity contribution in [1.82, 2.24) is 0 Å². The van der Waals surface area contributed by atoms with Gasteiger partial charge in [-0.15, -0.1) is 0 Å². The molecule has 0 bridgehead atoms.